The van der Waals surface area contributed by atoms with Gasteiger partial charge >= 0.3 is 5.97 Å². The van der Waals surface area contributed by atoms with E-state index in [4.69, 9.17) is 4.74 Å². The normalized spacial score (nSPS) is 14.9. The first-order valence-corrected chi connectivity index (χ1v) is 10.2. The lowest BCUT2D eigenvalue weighted by molar-refractivity contribution is -0.149. The van der Waals surface area contributed by atoms with Crippen molar-refractivity contribution in [3.63, 3.8) is 0 Å². The number of rotatable bonds is 8. The van der Waals surface area contributed by atoms with Gasteiger partial charge in [0.25, 0.3) is 5.91 Å². The molecule has 29 heavy (non-hydrogen) atoms. The van der Waals surface area contributed by atoms with Gasteiger partial charge in [0.2, 0.25) is 0 Å². The number of piperidine rings is 1. The van der Waals surface area contributed by atoms with Crippen LogP contribution in [0.25, 0.3) is 0 Å². The number of likely N-dealkylation sites (tertiary alicyclic amines) is 1. The molecular formula is C23H29N3O3. The summed E-state index contributed by atoms with van der Waals surface area (Å²) in [5.41, 5.74) is 5.10. The van der Waals surface area contributed by atoms with Crippen molar-refractivity contribution in [2.24, 2.45) is 5.92 Å². The lowest BCUT2D eigenvalue weighted by atomic mass is 9.97. The summed E-state index contributed by atoms with van der Waals surface area (Å²) < 4.78 is 5.11. The first-order valence-electron chi connectivity index (χ1n) is 10.2. The van der Waals surface area contributed by atoms with E-state index in [1.807, 2.05) is 72.6 Å². The molecule has 2 aromatic carbocycles. The maximum Gasteiger partial charge on any atom is 0.309 e. The number of nitrogens with one attached hydrogen (secondary N) is 1. The molecule has 6 heteroatoms. The Morgan fingerprint density at radius 1 is 1.03 bits per heavy atom. The minimum Gasteiger partial charge on any atom is -0.466 e. The van der Waals surface area contributed by atoms with Crippen molar-refractivity contribution in [1.29, 1.82) is 0 Å². The number of carbonyl (C=O) groups excluding carboxylic acids is 2. The number of benzene rings is 2. The average Bonchev–Trinajstić information content (AvgIpc) is 2.75. The first-order chi connectivity index (χ1) is 14.2. The van der Waals surface area contributed by atoms with E-state index in [1.165, 1.54) is 0 Å². The Kier molecular flexibility index (Phi) is 7.64. The number of para-hydroxylation sites is 1. The summed E-state index contributed by atoms with van der Waals surface area (Å²) in [6, 6.07) is 19.9. The van der Waals surface area contributed by atoms with Crippen LogP contribution in [0.2, 0.25) is 0 Å². The molecule has 0 spiro atoms. The largest absolute Gasteiger partial charge is 0.466 e. The highest BCUT2D eigenvalue weighted by Crippen LogP contribution is 2.19. The van der Waals surface area contributed by atoms with E-state index in [9.17, 15) is 9.59 Å². The molecule has 0 atom stereocenters. The van der Waals surface area contributed by atoms with Gasteiger partial charge in [0.15, 0.2) is 0 Å². The van der Waals surface area contributed by atoms with Gasteiger partial charge in [-0.25, -0.2) is 0 Å². The number of ether oxygens (including phenoxy) is 1. The van der Waals surface area contributed by atoms with Gasteiger partial charge in [-0.3, -0.25) is 24.9 Å². The molecule has 0 radical (unpaired) electrons. The lowest BCUT2D eigenvalue weighted by Crippen LogP contribution is -2.48. The van der Waals surface area contributed by atoms with Crippen LogP contribution in [0.3, 0.4) is 0 Å². The van der Waals surface area contributed by atoms with Crippen LogP contribution >= 0.6 is 0 Å². The van der Waals surface area contributed by atoms with Crippen LogP contribution < -0.4 is 10.4 Å². The van der Waals surface area contributed by atoms with Gasteiger partial charge in [-0.05, 0) is 50.6 Å². The predicted octanol–water partition coefficient (Wildman–Crippen LogP) is 3.00. The SMILES string of the molecule is CCOC(=O)C1CCN(CC(=O)NN(Cc2ccccc2)c2ccccc2)CC1. The fourth-order valence-corrected chi connectivity index (χ4v) is 3.55. The van der Waals surface area contributed by atoms with E-state index in [1.54, 1.807) is 0 Å². The number of hydrazine groups is 1. The highest BCUT2D eigenvalue weighted by atomic mass is 16.5. The van der Waals surface area contributed by atoms with E-state index >= 15 is 0 Å². The maximum absolute atomic E-state index is 12.7. The van der Waals surface area contributed by atoms with Crippen molar-refractivity contribution < 1.29 is 14.3 Å². The van der Waals surface area contributed by atoms with E-state index in [0.717, 1.165) is 37.2 Å². The van der Waals surface area contributed by atoms with Gasteiger partial charge in [-0.1, -0.05) is 48.5 Å². The average molecular weight is 396 g/mol. The number of nitrogens with zero attached hydrogens (tertiary/aromatic N) is 2. The standard InChI is InChI=1S/C23H29N3O3/c1-2-29-23(28)20-13-15-25(16-14-20)18-22(27)24-26(21-11-7-4-8-12-21)17-19-9-5-3-6-10-19/h3-12,20H,2,13-18H2,1H3,(H,24,27). The smallest absolute Gasteiger partial charge is 0.309 e. The molecule has 154 valence electrons. The molecule has 0 bridgehead atoms. The van der Waals surface area contributed by atoms with Gasteiger partial charge in [0.05, 0.1) is 31.3 Å². The Balaban J connectivity index is 1.56. The Labute approximate surface area is 172 Å². The van der Waals surface area contributed by atoms with Crippen molar-refractivity contribution in [3.8, 4) is 0 Å². The predicted molar refractivity (Wildman–Crippen MR) is 113 cm³/mol. The van der Waals surface area contributed by atoms with Crippen LogP contribution in [0.1, 0.15) is 25.3 Å². The zero-order chi connectivity index (χ0) is 20.5. The molecule has 1 fully saturated rings. The zero-order valence-electron chi connectivity index (χ0n) is 16.9. The van der Waals surface area contributed by atoms with E-state index < -0.39 is 0 Å². The number of anilines is 1. The van der Waals surface area contributed by atoms with E-state index in [0.29, 0.717) is 19.7 Å². The van der Waals surface area contributed by atoms with Crippen LogP contribution in [0.5, 0.6) is 0 Å². The molecule has 1 amide bonds. The summed E-state index contributed by atoms with van der Waals surface area (Å²) in [6.45, 7) is 4.58. The van der Waals surface area contributed by atoms with Crippen molar-refractivity contribution in [2.45, 2.75) is 26.3 Å². The summed E-state index contributed by atoms with van der Waals surface area (Å²) >= 11 is 0. The second kappa shape index (κ2) is 10.6. The fraction of sp³-hybridized carbons (Fsp3) is 0.391. The molecule has 6 nitrogen and oxygen atoms in total. The minimum atomic E-state index is -0.116. The van der Waals surface area contributed by atoms with Gasteiger partial charge in [-0.2, -0.15) is 0 Å². The van der Waals surface area contributed by atoms with Crippen LogP contribution in [-0.2, 0) is 20.9 Å². The third kappa shape index (κ3) is 6.32. The van der Waals surface area contributed by atoms with Gasteiger partial charge < -0.3 is 4.74 Å². The molecule has 2 aromatic rings. The number of amides is 1. The van der Waals surface area contributed by atoms with Crippen LogP contribution in [-0.4, -0.2) is 43.0 Å². The number of esters is 1. The molecular weight excluding hydrogens is 366 g/mol. The summed E-state index contributed by atoms with van der Waals surface area (Å²) in [5, 5.41) is 1.88. The van der Waals surface area contributed by atoms with Crippen LogP contribution in [0, 0.1) is 5.92 Å². The van der Waals surface area contributed by atoms with E-state index in [2.05, 4.69) is 10.3 Å². The monoisotopic (exact) mass is 395 g/mol. The van der Waals surface area contributed by atoms with Gasteiger partial charge in [0.1, 0.15) is 0 Å². The van der Waals surface area contributed by atoms with Gasteiger partial charge in [-0.15, -0.1) is 0 Å². The quantitative estimate of drug-likeness (QED) is 0.550. The third-order valence-corrected chi connectivity index (χ3v) is 5.09. The van der Waals surface area contributed by atoms with Crippen molar-refractivity contribution >= 4 is 17.6 Å². The van der Waals surface area contributed by atoms with E-state index in [-0.39, 0.29) is 17.8 Å². The third-order valence-electron chi connectivity index (χ3n) is 5.09. The van der Waals surface area contributed by atoms with Crippen molar-refractivity contribution in [3.05, 3.63) is 66.2 Å². The molecule has 1 heterocycles. The highest BCUT2D eigenvalue weighted by Gasteiger charge is 2.27. The number of hydrogen-bond acceptors (Lipinski definition) is 5. The molecule has 1 saturated heterocycles. The Hall–Kier alpha value is -2.86. The number of carbonyl (C=O) groups is 2. The van der Waals surface area contributed by atoms with Crippen LogP contribution in [0.4, 0.5) is 5.69 Å². The topological polar surface area (TPSA) is 61.9 Å². The Morgan fingerprint density at radius 2 is 1.66 bits per heavy atom. The molecule has 3 rings (SSSR count). The number of hydrogen-bond donors (Lipinski definition) is 1. The van der Waals surface area contributed by atoms with Crippen molar-refractivity contribution in [2.75, 3.05) is 31.3 Å². The molecule has 0 saturated carbocycles. The summed E-state index contributed by atoms with van der Waals surface area (Å²) in [5.74, 6) is -0.220. The molecule has 1 aliphatic heterocycles. The Bertz CT molecular complexity index is 774. The minimum absolute atomic E-state index is 0.0480. The van der Waals surface area contributed by atoms with Gasteiger partial charge in [0, 0.05) is 0 Å². The maximum atomic E-state index is 12.7. The second-order valence-corrected chi connectivity index (χ2v) is 7.24. The molecule has 0 aromatic heterocycles. The summed E-state index contributed by atoms with van der Waals surface area (Å²) in [7, 11) is 0. The summed E-state index contributed by atoms with van der Waals surface area (Å²) in [6.07, 6.45) is 1.47. The molecule has 1 aliphatic rings. The van der Waals surface area contributed by atoms with Crippen molar-refractivity contribution in [1.82, 2.24) is 10.3 Å². The molecule has 0 aliphatic carbocycles. The first kappa shape index (κ1) is 20.9. The zero-order valence-corrected chi connectivity index (χ0v) is 16.9. The second-order valence-electron chi connectivity index (χ2n) is 7.24. The highest BCUT2D eigenvalue weighted by molar-refractivity contribution is 5.80. The lowest BCUT2D eigenvalue weighted by Gasteiger charge is -2.31. The molecule has 0 unspecified atom stereocenters. The Morgan fingerprint density at radius 3 is 2.28 bits per heavy atom. The van der Waals surface area contributed by atoms with Crippen LogP contribution in [0.15, 0.2) is 60.7 Å². The molecule has 1 N–H and O–H groups in total. The summed E-state index contributed by atoms with van der Waals surface area (Å²) in [4.78, 5) is 26.7. The fourth-order valence-electron chi connectivity index (χ4n) is 3.55.